The maximum Gasteiger partial charge on any atom is 0.234 e. The number of aromatic nitrogens is 4. The first-order valence-electron chi connectivity index (χ1n) is 8.30. The third-order valence-corrected chi connectivity index (χ3v) is 4.93. The lowest BCUT2D eigenvalue weighted by Crippen LogP contribution is -2.15. The van der Waals surface area contributed by atoms with E-state index < -0.39 is 0 Å². The maximum absolute atomic E-state index is 12.3. The van der Waals surface area contributed by atoms with E-state index in [1.54, 1.807) is 4.68 Å². The summed E-state index contributed by atoms with van der Waals surface area (Å²) in [5.74, 6) is 0.149. The Hall–Kier alpha value is -2.67. The van der Waals surface area contributed by atoms with Crippen LogP contribution in [0.2, 0.25) is 0 Å². The molecule has 0 unspecified atom stereocenters. The van der Waals surface area contributed by atoms with E-state index in [9.17, 15) is 4.79 Å². The Balaban J connectivity index is 1.69. The summed E-state index contributed by atoms with van der Waals surface area (Å²) >= 11 is 1.31. The van der Waals surface area contributed by atoms with Crippen LogP contribution in [0.5, 0.6) is 0 Å². The van der Waals surface area contributed by atoms with Crippen molar-refractivity contribution in [2.45, 2.75) is 32.9 Å². The Bertz CT molecular complexity index is 951. The third-order valence-electron chi connectivity index (χ3n) is 4.01. The van der Waals surface area contributed by atoms with E-state index in [0.717, 1.165) is 22.5 Å². The molecule has 1 amide bonds. The first-order chi connectivity index (χ1) is 12.4. The predicted molar refractivity (Wildman–Crippen MR) is 104 cm³/mol. The molecule has 6 nitrogen and oxygen atoms in total. The lowest BCUT2D eigenvalue weighted by atomic mass is 10.1. The highest BCUT2D eigenvalue weighted by molar-refractivity contribution is 7.99. The molecule has 0 radical (unpaired) electrons. The first-order valence-corrected chi connectivity index (χ1v) is 9.28. The minimum atomic E-state index is -0.0860. The van der Waals surface area contributed by atoms with Crippen molar-refractivity contribution in [1.82, 2.24) is 20.2 Å². The highest BCUT2D eigenvalue weighted by Crippen LogP contribution is 2.22. The van der Waals surface area contributed by atoms with Crippen LogP contribution in [-0.4, -0.2) is 31.9 Å². The van der Waals surface area contributed by atoms with Gasteiger partial charge in [-0.05, 0) is 61.4 Å². The summed E-state index contributed by atoms with van der Waals surface area (Å²) in [6, 6.07) is 12.0. The lowest BCUT2D eigenvalue weighted by molar-refractivity contribution is -0.113. The van der Waals surface area contributed by atoms with Crippen LogP contribution in [-0.2, 0) is 4.79 Å². The van der Waals surface area contributed by atoms with Gasteiger partial charge in [-0.2, -0.15) is 4.68 Å². The topological polar surface area (TPSA) is 72.7 Å². The second-order valence-electron chi connectivity index (χ2n) is 6.32. The largest absolute Gasteiger partial charge is 0.325 e. The Morgan fingerprint density at radius 2 is 1.73 bits per heavy atom. The molecule has 2 aromatic carbocycles. The number of hydrogen-bond donors (Lipinski definition) is 1. The molecule has 0 aliphatic rings. The molecule has 0 atom stereocenters. The SMILES string of the molecule is Cc1ccc(NC(=O)CSc2nnnn2-c2ccc(C)cc2C)c(C)c1. The molecule has 7 heteroatoms. The predicted octanol–water partition coefficient (Wildman–Crippen LogP) is 3.63. The van der Waals surface area contributed by atoms with Gasteiger partial charge in [-0.25, -0.2) is 0 Å². The number of aryl methyl sites for hydroxylation is 4. The summed E-state index contributed by atoms with van der Waals surface area (Å²) < 4.78 is 1.67. The molecule has 0 bridgehead atoms. The first kappa shape index (κ1) is 18.1. The molecule has 0 saturated heterocycles. The number of rotatable bonds is 5. The van der Waals surface area contributed by atoms with E-state index in [0.29, 0.717) is 5.16 Å². The van der Waals surface area contributed by atoms with Gasteiger partial charge < -0.3 is 5.32 Å². The fourth-order valence-corrected chi connectivity index (χ4v) is 3.42. The fraction of sp³-hybridized carbons (Fsp3) is 0.263. The average Bonchev–Trinajstić information content (AvgIpc) is 3.04. The summed E-state index contributed by atoms with van der Waals surface area (Å²) in [6.45, 7) is 8.08. The normalized spacial score (nSPS) is 10.8. The van der Waals surface area contributed by atoms with E-state index in [4.69, 9.17) is 0 Å². The second-order valence-corrected chi connectivity index (χ2v) is 7.26. The molecule has 0 aliphatic carbocycles. The molecule has 0 saturated carbocycles. The van der Waals surface area contributed by atoms with Crippen molar-refractivity contribution >= 4 is 23.4 Å². The minimum Gasteiger partial charge on any atom is -0.325 e. The molecule has 1 aromatic heterocycles. The number of thioether (sulfide) groups is 1. The van der Waals surface area contributed by atoms with Crippen molar-refractivity contribution in [3.05, 3.63) is 58.7 Å². The van der Waals surface area contributed by atoms with Crippen molar-refractivity contribution in [1.29, 1.82) is 0 Å². The van der Waals surface area contributed by atoms with Crippen LogP contribution in [0, 0.1) is 27.7 Å². The van der Waals surface area contributed by atoms with Gasteiger partial charge in [0.15, 0.2) is 0 Å². The van der Waals surface area contributed by atoms with Gasteiger partial charge in [0, 0.05) is 5.69 Å². The van der Waals surface area contributed by atoms with Gasteiger partial charge in [0.1, 0.15) is 0 Å². The van der Waals surface area contributed by atoms with Crippen LogP contribution in [0.3, 0.4) is 0 Å². The molecule has 1 heterocycles. The van der Waals surface area contributed by atoms with Gasteiger partial charge in [-0.1, -0.05) is 47.2 Å². The van der Waals surface area contributed by atoms with Gasteiger partial charge >= 0.3 is 0 Å². The summed E-state index contributed by atoms with van der Waals surface area (Å²) in [6.07, 6.45) is 0. The Labute approximate surface area is 157 Å². The van der Waals surface area contributed by atoms with Crippen LogP contribution in [0.25, 0.3) is 5.69 Å². The monoisotopic (exact) mass is 367 g/mol. The highest BCUT2D eigenvalue weighted by atomic mass is 32.2. The Morgan fingerprint density at radius 1 is 1.04 bits per heavy atom. The van der Waals surface area contributed by atoms with Crippen LogP contribution in [0.1, 0.15) is 22.3 Å². The number of tetrazole rings is 1. The summed E-state index contributed by atoms with van der Waals surface area (Å²) in [5.41, 5.74) is 6.22. The van der Waals surface area contributed by atoms with E-state index in [2.05, 4.69) is 26.9 Å². The van der Waals surface area contributed by atoms with Crippen molar-refractivity contribution < 1.29 is 4.79 Å². The zero-order valence-corrected chi connectivity index (χ0v) is 16.1. The number of benzene rings is 2. The minimum absolute atomic E-state index is 0.0860. The fourth-order valence-electron chi connectivity index (χ4n) is 2.73. The van der Waals surface area contributed by atoms with Crippen molar-refractivity contribution in [2.75, 3.05) is 11.1 Å². The summed E-state index contributed by atoms with van der Waals surface area (Å²) in [4.78, 5) is 12.3. The molecule has 0 aliphatic heterocycles. The van der Waals surface area contributed by atoms with Crippen molar-refractivity contribution in [2.24, 2.45) is 0 Å². The van der Waals surface area contributed by atoms with Gasteiger partial charge in [-0.15, -0.1) is 5.10 Å². The molecule has 26 heavy (non-hydrogen) atoms. The van der Waals surface area contributed by atoms with Crippen molar-refractivity contribution in [3.63, 3.8) is 0 Å². The molecule has 3 rings (SSSR count). The third kappa shape index (κ3) is 4.11. The molecular formula is C19H21N5OS. The number of anilines is 1. The van der Waals surface area contributed by atoms with Crippen LogP contribution < -0.4 is 5.32 Å². The van der Waals surface area contributed by atoms with Crippen LogP contribution in [0.15, 0.2) is 41.6 Å². The lowest BCUT2D eigenvalue weighted by Gasteiger charge is -2.10. The molecule has 0 spiro atoms. The van der Waals surface area contributed by atoms with Crippen LogP contribution >= 0.6 is 11.8 Å². The number of carbonyl (C=O) groups excluding carboxylic acids is 1. The summed E-state index contributed by atoms with van der Waals surface area (Å²) in [7, 11) is 0. The second kappa shape index (κ2) is 7.70. The Kier molecular flexibility index (Phi) is 5.37. The average molecular weight is 367 g/mol. The number of hydrogen-bond acceptors (Lipinski definition) is 5. The quantitative estimate of drug-likeness (QED) is 0.697. The number of carbonyl (C=O) groups is 1. The maximum atomic E-state index is 12.3. The van der Waals surface area contributed by atoms with E-state index >= 15 is 0 Å². The molecule has 3 aromatic rings. The number of nitrogens with zero attached hydrogens (tertiary/aromatic N) is 4. The molecular weight excluding hydrogens is 346 g/mol. The standard InChI is InChI=1S/C19H21N5OS/c1-12-5-7-16(14(3)9-12)20-18(25)11-26-19-21-22-23-24(19)17-8-6-13(2)10-15(17)4/h5-10H,11H2,1-4H3,(H,20,25). The van der Waals surface area contributed by atoms with Gasteiger partial charge in [0.2, 0.25) is 11.1 Å². The zero-order valence-electron chi connectivity index (χ0n) is 15.3. The van der Waals surface area contributed by atoms with Gasteiger partial charge in [0.25, 0.3) is 0 Å². The van der Waals surface area contributed by atoms with E-state index in [1.165, 1.54) is 22.9 Å². The summed E-state index contributed by atoms with van der Waals surface area (Å²) in [5, 5.41) is 15.4. The van der Waals surface area contributed by atoms with Gasteiger partial charge in [0.05, 0.1) is 11.4 Å². The van der Waals surface area contributed by atoms with Gasteiger partial charge in [-0.3, -0.25) is 4.79 Å². The number of amides is 1. The molecule has 0 fully saturated rings. The smallest absolute Gasteiger partial charge is 0.234 e. The van der Waals surface area contributed by atoms with E-state index in [-0.39, 0.29) is 11.7 Å². The number of nitrogens with one attached hydrogen (secondary N) is 1. The van der Waals surface area contributed by atoms with E-state index in [1.807, 2.05) is 58.0 Å². The Morgan fingerprint density at radius 3 is 2.42 bits per heavy atom. The molecule has 134 valence electrons. The molecule has 1 N–H and O–H groups in total. The van der Waals surface area contributed by atoms with Crippen molar-refractivity contribution in [3.8, 4) is 5.69 Å². The van der Waals surface area contributed by atoms with Crippen LogP contribution in [0.4, 0.5) is 5.69 Å². The zero-order chi connectivity index (χ0) is 18.7. The highest BCUT2D eigenvalue weighted by Gasteiger charge is 2.13.